The summed E-state index contributed by atoms with van der Waals surface area (Å²) in [4.78, 5) is 0. The zero-order chi connectivity index (χ0) is 0. The van der Waals surface area contributed by atoms with Crippen molar-refractivity contribution in [2.24, 2.45) is 0 Å². The van der Waals surface area contributed by atoms with E-state index in [2.05, 4.69) is 0 Å². The van der Waals surface area contributed by atoms with Gasteiger partial charge in [-0.05, 0) is 0 Å². The van der Waals surface area contributed by atoms with Gasteiger partial charge in [0.05, 0.1) is 0 Å². The summed E-state index contributed by atoms with van der Waals surface area (Å²) in [6, 6.07) is 0. The van der Waals surface area contributed by atoms with Gasteiger partial charge in [0.25, 0.3) is 0 Å². The Morgan fingerprint density at radius 3 is 0.375 bits per heavy atom. The summed E-state index contributed by atoms with van der Waals surface area (Å²) in [7, 11) is 0. The van der Waals surface area contributed by atoms with Gasteiger partial charge < -0.3 is 27.4 Å². The molecule has 52 valence electrons. The van der Waals surface area contributed by atoms with Crippen molar-refractivity contribution in [3.05, 3.63) is 0 Å². The molecule has 0 bridgehead atoms. The van der Waals surface area contributed by atoms with Crippen LogP contribution in [0.5, 0.6) is 0 Å². The third-order valence-corrected chi connectivity index (χ3v) is 0. The van der Waals surface area contributed by atoms with E-state index in [0.29, 0.717) is 0 Å². The van der Waals surface area contributed by atoms with Crippen molar-refractivity contribution in [1.29, 1.82) is 0 Å². The van der Waals surface area contributed by atoms with Crippen LogP contribution < -0.4 is 0 Å². The molecule has 8 heteroatoms. The van der Waals surface area contributed by atoms with Crippen LogP contribution in [0.1, 0.15) is 0 Å². The van der Waals surface area contributed by atoms with Crippen molar-refractivity contribution < 1.29 is 105 Å². The predicted octanol–water partition coefficient (Wildman–Crippen LogP) is -0.975. The minimum absolute atomic E-state index is 0. The third-order valence-electron chi connectivity index (χ3n) is 0. The molecule has 0 rings (SSSR count). The zero-order valence-corrected chi connectivity index (χ0v) is 8.49. The Morgan fingerprint density at radius 1 is 0.375 bits per heavy atom. The molecule has 0 aromatic rings. The summed E-state index contributed by atoms with van der Waals surface area (Å²) >= 11 is 0. The van der Waals surface area contributed by atoms with Gasteiger partial charge in [-0.25, -0.2) is 0 Å². The smallest absolute Gasteiger partial charge is 2.00 e. The molecule has 0 atom stereocenters. The first-order chi connectivity index (χ1) is 0. The molecule has 0 aliphatic carbocycles. The summed E-state index contributed by atoms with van der Waals surface area (Å²) in [6.07, 6.45) is 0. The Bertz CT molecular complexity index is 10.4. The molecule has 5 nitrogen and oxygen atoms in total. The van der Waals surface area contributed by atoms with E-state index >= 15 is 0 Å². The van der Waals surface area contributed by atoms with Gasteiger partial charge in [-0.1, -0.05) is 0 Å². The second-order valence-corrected chi connectivity index (χ2v) is 0. The molecule has 0 saturated heterocycles. The van der Waals surface area contributed by atoms with E-state index in [9.17, 15) is 0 Å². The Morgan fingerprint density at radius 2 is 0.375 bits per heavy atom. The molecular formula is O5SiTb2. The predicted molar refractivity (Wildman–Crippen MR) is 9.19 cm³/mol. The molecule has 0 aliphatic heterocycles. The molecule has 0 unspecified atom stereocenters. The summed E-state index contributed by atoms with van der Waals surface area (Å²) in [5.41, 5.74) is 0. The standard InChI is InChI=1S/5O.Si.2Tb/q5*-2;+2;2*+4. The molecule has 0 N–H and O–H groups in total. The minimum Gasteiger partial charge on any atom is -2.00 e. The molecule has 0 spiro atoms. The fourth-order valence-electron chi connectivity index (χ4n) is 0. The SMILES string of the molecule is [O-2].[O-2].[O-2].[O-2].[O-2].[Si+2].[Tb+4].[Tb+4]. The van der Waals surface area contributed by atoms with Crippen molar-refractivity contribution in [2.45, 2.75) is 0 Å². The fraction of sp³-hybridized carbons (Fsp3) is 0. The minimum atomic E-state index is 0. The van der Waals surface area contributed by atoms with Gasteiger partial charge in [0.1, 0.15) is 0 Å². The van der Waals surface area contributed by atoms with Crippen molar-refractivity contribution >= 4 is 11.0 Å². The molecule has 0 saturated carbocycles. The van der Waals surface area contributed by atoms with Gasteiger partial charge in [-0.15, -0.1) is 0 Å². The van der Waals surface area contributed by atoms with Crippen LogP contribution in [-0.2, 0) is 27.4 Å². The second kappa shape index (κ2) is 106. The van der Waals surface area contributed by atoms with E-state index in [1.807, 2.05) is 0 Å². The van der Waals surface area contributed by atoms with Crippen LogP contribution in [0.25, 0.3) is 0 Å². The van der Waals surface area contributed by atoms with E-state index in [4.69, 9.17) is 0 Å². The van der Waals surface area contributed by atoms with Crippen LogP contribution in [0.4, 0.5) is 0 Å². The van der Waals surface area contributed by atoms with E-state index in [-0.39, 0.29) is 116 Å². The average molecular weight is 426 g/mol. The van der Waals surface area contributed by atoms with Crippen molar-refractivity contribution in [3.63, 3.8) is 0 Å². The molecule has 0 amide bonds. The van der Waals surface area contributed by atoms with E-state index in [1.165, 1.54) is 0 Å². The molecule has 0 aliphatic rings. The number of hydrogen-bond acceptors (Lipinski definition) is 0. The van der Waals surface area contributed by atoms with Gasteiger partial charge >= 0.3 is 88.2 Å². The van der Waals surface area contributed by atoms with Gasteiger partial charge in [0.2, 0.25) is 0 Å². The zero-order valence-electron chi connectivity index (χ0n) is 3.21. The maximum absolute atomic E-state index is 0. The summed E-state index contributed by atoms with van der Waals surface area (Å²) in [5, 5.41) is 0. The Labute approximate surface area is 113 Å². The molecule has 8 heavy (non-hydrogen) atoms. The normalized spacial score (nSPS) is 0. The summed E-state index contributed by atoms with van der Waals surface area (Å²) in [5.74, 6) is 0. The van der Waals surface area contributed by atoms with Crippen LogP contribution in [-0.4, -0.2) is 11.0 Å². The van der Waals surface area contributed by atoms with Crippen LogP contribution in [0, 0.1) is 77.2 Å². The molecule has 0 aromatic carbocycles. The van der Waals surface area contributed by atoms with Crippen molar-refractivity contribution in [2.75, 3.05) is 0 Å². The third kappa shape index (κ3) is 73.8. The van der Waals surface area contributed by atoms with Crippen molar-refractivity contribution in [1.82, 2.24) is 0 Å². The second-order valence-electron chi connectivity index (χ2n) is 0. The van der Waals surface area contributed by atoms with Gasteiger partial charge in [-0.2, -0.15) is 0 Å². The molecule has 0 aromatic heterocycles. The Balaban J connectivity index is 0. The Hall–Kier alpha value is 2.59. The first-order valence-corrected chi connectivity index (χ1v) is 0. The first kappa shape index (κ1) is 145. The summed E-state index contributed by atoms with van der Waals surface area (Å²) in [6.45, 7) is 0. The number of hydrogen-bond donors (Lipinski definition) is 0. The van der Waals surface area contributed by atoms with Crippen LogP contribution in [0.3, 0.4) is 0 Å². The molecule has 0 fully saturated rings. The van der Waals surface area contributed by atoms with E-state index < -0.39 is 0 Å². The van der Waals surface area contributed by atoms with Crippen LogP contribution in [0.2, 0.25) is 0 Å². The molecular weight excluding hydrogens is 426 g/mol. The monoisotopic (exact) mass is 426 g/mol. The van der Waals surface area contributed by atoms with Gasteiger partial charge in [-0.3, -0.25) is 0 Å². The van der Waals surface area contributed by atoms with Crippen molar-refractivity contribution in [3.8, 4) is 0 Å². The number of rotatable bonds is 0. The van der Waals surface area contributed by atoms with Gasteiger partial charge in [0.15, 0.2) is 0 Å². The average Bonchev–Trinajstić information content (AvgIpc) is 0. The quantitative estimate of drug-likeness (QED) is 0.440. The maximum atomic E-state index is 0. The largest absolute Gasteiger partial charge is 4.00 e. The van der Waals surface area contributed by atoms with E-state index in [1.54, 1.807) is 0 Å². The fourth-order valence-corrected chi connectivity index (χ4v) is 0. The van der Waals surface area contributed by atoms with Crippen LogP contribution in [0.15, 0.2) is 0 Å². The van der Waals surface area contributed by atoms with Gasteiger partial charge in [0, 0.05) is 0 Å². The summed E-state index contributed by atoms with van der Waals surface area (Å²) < 4.78 is 0. The van der Waals surface area contributed by atoms with Crippen LogP contribution >= 0.6 is 0 Å². The topological polar surface area (TPSA) is 142 Å². The Kier molecular flexibility index (Phi) is 1920. The van der Waals surface area contributed by atoms with E-state index in [0.717, 1.165) is 0 Å². The molecule has 4 radical (unpaired) electrons. The molecule has 0 heterocycles. The maximum Gasteiger partial charge on any atom is 4.00 e. The first-order valence-electron chi connectivity index (χ1n) is 0.